The van der Waals surface area contributed by atoms with Crippen LogP contribution in [0.4, 0.5) is 13.2 Å². The van der Waals surface area contributed by atoms with Crippen LogP contribution < -0.4 is 13.1 Å². The minimum atomic E-state index is -2.20. The molecular weight excluding hydrogens is 348 g/mol. The molecule has 0 aromatic heterocycles. The molecule has 3 rings (SSSR count). The van der Waals surface area contributed by atoms with Crippen molar-refractivity contribution in [2.45, 2.75) is 0 Å². The Kier molecular flexibility index (Phi) is 4.35. The van der Waals surface area contributed by atoms with Gasteiger partial charge in [-0.2, -0.15) is 0 Å². The molecule has 0 unspecified atom stereocenters. The van der Waals surface area contributed by atoms with Gasteiger partial charge in [-0.15, -0.1) is 0 Å². The summed E-state index contributed by atoms with van der Waals surface area (Å²) >= 11 is -2.20. The van der Waals surface area contributed by atoms with E-state index in [1.807, 2.05) is 18.2 Å². The number of rotatable bonds is 3. The van der Waals surface area contributed by atoms with Crippen LogP contribution in [0.2, 0.25) is 0 Å². The second-order valence-electron chi connectivity index (χ2n) is 4.78. The summed E-state index contributed by atoms with van der Waals surface area (Å²) in [5.41, 5.74) is 0. The third-order valence-corrected chi connectivity index (χ3v) is 8.20. The first kappa shape index (κ1) is 14.9. The molecule has 0 aliphatic carbocycles. The van der Waals surface area contributed by atoms with Gasteiger partial charge < -0.3 is 0 Å². The average molecular weight is 360 g/mol. The molecule has 0 saturated heterocycles. The van der Waals surface area contributed by atoms with E-state index < -0.39 is 14.7 Å². The first-order valence-electron chi connectivity index (χ1n) is 6.70. The third-order valence-electron chi connectivity index (χ3n) is 3.20. The fraction of sp³-hybridized carbons (Fsp3) is 0. The van der Waals surface area contributed by atoms with Crippen molar-refractivity contribution < 1.29 is 13.2 Å². The van der Waals surface area contributed by atoms with Crippen molar-refractivity contribution in [2.75, 3.05) is 0 Å². The van der Waals surface area contributed by atoms with Crippen LogP contribution in [0.15, 0.2) is 72.8 Å². The minimum absolute atomic E-state index is 0.343. The summed E-state index contributed by atoms with van der Waals surface area (Å²) in [4.78, 5) is 0. The SMILES string of the molecule is Fc1cccc([As](c2cccc(F)c2)c2cccc(F)c2)c1. The van der Waals surface area contributed by atoms with Crippen molar-refractivity contribution in [3.05, 3.63) is 90.2 Å². The zero-order chi connectivity index (χ0) is 15.5. The summed E-state index contributed by atoms with van der Waals surface area (Å²) in [6.07, 6.45) is 0. The molecule has 0 fully saturated rings. The molecule has 0 bridgehead atoms. The quantitative estimate of drug-likeness (QED) is 0.630. The molecule has 0 nitrogen and oxygen atoms in total. The van der Waals surface area contributed by atoms with Gasteiger partial charge in [0.15, 0.2) is 0 Å². The van der Waals surface area contributed by atoms with Crippen LogP contribution in [0.25, 0.3) is 0 Å². The molecule has 0 saturated carbocycles. The zero-order valence-corrected chi connectivity index (χ0v) is 13.4. The fourth-order valence-corrected chi connectivity index (χ4v) is 7.24. The van der Waals surface area contributed by atoms with Crippen molar-refractivity contribution in [1.82, 2.24) is 0 Å². The number of halogens is 3. The maximum absolute atomic E-state index is 13.6. The number of hydrogen-bond donors (Lipinski definition) is 0. The Morgan fingerprint density at radius 3 is 1.09 bits per heavy atom. The molecule has 0 aliphatic rings. The Bertz CT molecular complexity index is 693. The average Bonchev–Trinajstić information content (AvgIpc) is 2.48. The number of benzene rings is 3. The van der Waals surface area contributed by atoms with Gasteiger partial charge in [-0.1, -0.05) is 0 Å². The van der Waals surface area contributed by atoms with Crippen LogP contribution in [0.3, 0.4) is 0 Å². The van der Waals surface area contributed by atoms with E-state index >= 15 is 0 Å². The van der Waals surface area contributed by atoms with E-state index in [9.17, 15) is 13.2 Å². The summed E-state index contributed by atoms with van der Waals surface area (Å²) in [5.74, 6) is -1.03. The van der Waals surface area contributed by atoms with Crippen LogP contribution in [-0.4, -0.2) is 14.7 Å². The molecule has 0 N–H and O–H groups in total. The molecule has 3 aromatic carbocycles. The Balaban J connectivity index is 2.18. The molecule has 4 heteroatoms. The molecule has 0 aliphatic heterocycles. The van der Waals surface area contributed by atoms with Crippen molar-refractivity contribution in [3.8, 4) is 0 Å². The molecule has 0 spiro atoms. The molecule has 0 heterocycles. The van der Waals surface area contributed by atoms with Gasteiger partial charge in [0.1, 0.15) is 0 Å². The Hall–Kier alpha value is -1.99. The van der Waals surface area contributed by atoms with Gasteiger partial charge in [-0.3, -0.25) is 0 Å². The first-order chi connectivity index (χ1) is 10.6. The van der Waals surface area contributed by atoms with E-state index in [1.165, 1.54) is 36.4 Å². The van der Waals surface area contributed by atoms with E-state index in [4.69, 9.17) is 0 Å². The van der Waals surface area contributed by atoms with Gasteiger partial charge in [0, 0.05) is 0 Å². The van der Waals surface area contributed by atoms with Crippen LogP contribution in [0.1, 0.15) is 0 Å². The Labute approximate surface area is 131 Å². The molecule has 0 amide bonds. The molecule has 0 atom stereocenters. The second kappa shape index (κ2) is 6.41. The topological polar surface area (TPSA) is 0 Å². The van der Waals surface area contributed by atoms with E-state index in [1.54, 1.807) is 18.2 Å². The van der Waals surface area contributed by atoms with E-state index in [0.29, 0.717) is 0 Å². The standard InChI is InChI=1S/C18H12AsF3/c20-16-7-1-4-13(10-16)19(14-5-2-8-17(21)11-14)15-6-3-9-18(22)12-15/h1-12H. The normalized spacial score (nSPS) is 10.9. The van der Waals surface area contributed by atoms with E-state index in [2.05, 4.69) is 0 Å². The second-order valence-corrected chi connectivity index (χ2v) is 9.43. The monoisotopic (exact) mass is 360 g/mol. The van der Waals surface area contributed by atoms with Gasteiger partial charge >= 0.3 is 131 Å². The Morgan fingerprint density at radius 1 is 0.500 bits per heavy atom. The van der Waals surface area contributed by atoms with Gasteiger partial charge in [0.25, 0.3) is 0 Å². The Morgan fingerprint density at radius 2 is 0.818 bits per heavy atom. The number of hydrogen-bond acceptors (Lipinski definition) is 0. The van der Waals surface area contributed by atoms with Crippen LogP contribution in [0, 0.1) is 17.5 Å². The van der Waals surface area contributed by atoms with Gasteiger partial charge in [-0.25, -0.2) is 0 Å². The van der Waals surface area contributed by atoms with Crippen molar-refractivity contribution >= 4 is 27.7 Å². The van der Waals surface area contributed by atoms with Crippen LogP contribution in [-0.2, 0) is 0 Å². The predicted octanol–water partition coefficient (Wildman–Crippen LogP) is 2.62. The molecule has 22 heavy (non-hydrogen) atoms. The molecular formula is C18H12AsF3. The van der Waals surface area contributed by atoms with Crippen molar-refractivity contribution in [2.24, 2.45) is 0 Å². The van der Waals surface area contributed by atoms with Gasteiger partial charge in [-0.05, 0) is 0 Å². The summed E-state index contributed by atoms with van der Waals surface area (Å²) < 4.78 is 43.2. The summed E-state index contributed by atoms with van der Waals surface area (Å²) in [7, 11) is 0. The maximum atomic E-state index is 13.6. The van der Waals surface area contributed by atoms with Crippen LogP contribution >= 0.6 is 0 Å². The molecule has 3 aromatic rings. The van der Waals surface area contributed by atoms with E-state index in [0.717, 1.165) is 13.1 Å². The van der Waals surface area contributed by atoms with Gasteiger partial charge in [0.2, 0.25) is 0 Å². The first-order valence-corrected chi connectivity index (χ1v) is 9.52. The van der Waals surface area contributed by atoms with Gasteiger partial charge in [0.05, 0.1) is 0 Å². The van der Waals surface area contributed by atoms with Crippen molar-refractivity contribution in [3.63, 3.8) is 0 Å². The fourth-order valence-electron chi connectivity index (χ4n) is 2.29. The third kappa shape index (κ3) is 3.25. The molecule has 110 valence electrons. The summed E-state index contributed by atoms with van der Waals surface area (Å²) in [5, 5.41) is 0. The van der Waals surface area contributed by atoms with Crippen molar-refractivity contribution in [1.29, 1.82) is 0 Å². The summed E-state index contributed by atoms with van der Waals surface area (Å²) in [6.45, 7) is 0. The summed E-state index contributed by atoms with van der Waals surface area (Å²) in [6, 6.07) is 18.8. The van der Waals surface area contributed by atoms with Crippen LogP contribution in [0.5, 0.6) is 0 Å². The van der Waals surface area contributed by atoms with E-state index in [-0.39, 0.29) is 17.5 Å². The predicted molar refractivity (Wildman–Crippen MR) is 83.9 cm³/mol. The zero-order valence-electron chi connectivity index (χ0n) is 11.5. The molecule has 0 radical (unpaired) electrons.